The summed E-state index contributed by atoms with van der Waals surface area (Å²) in [5.74, 6) is 0.907. The Morgan fingerprint density at radius 2 is 2.00 bits per heavy atom. The van der Waals surface area contributed by atoms with Crippen molar-refractivity contribution in [2.24, 2.45) is 5.92 Å². The van der Waals surface area contributed by atoms with E-state index in [4.69, 9.17) is 11.6 Å². The van der Waals surface area contributed by atoms with Gasteiger partial charge in [-0.1, -0.05) is 24.4 Å². The van der Waals surface area contributed by atoms with E-state index < -0.39 is 0 Å². The van der Waals surface area contributed by atoms with Crippen LogP contribution in [0.2, 0.25) is 5.15 Å². The molecule has 1 saturated heterocycles. The molecule has 0 spiro atoms. The molecule has 2 nitrogen and oxygen atoms in total. The van der Waals surface area contributed by atoms with Crippen molar-refractivity contribution >= 4 is 17.3 Å². The maximum Gasteiger partial charge on any atom is 0.131 e. The molecule has 17 heavy (non-hydrogen) atoms. The highest BCUT2D eigenvalue weighted by molar-refractivity contribution is 6.29. The molecule has 3 rings (SSSR count). The van der Waals surface area contributed by atoms with E-state index >= 15 is 0 Å². The second kappa shape index (κ2) is 4.85. The van der Waals surface area contributed by atoms with Crippen LogP contribution in [-0.4, -0.2) is 17.6 Å². The summed E-state index contributed by atoms with van der Waals surface area (Å²) in [6, 6.07) is 4.86. The molecule has 2 aliphatic rings. The number of hydrogen-bond acceptors (Lipinski definition) is 2. The average Bonchev–Trinajstić information content (AvgIpc) is 2.38. The summed E-state index contributed by atoms with van der Waals surface area (Å²) < 4.78 is 0. The maximum atomic E-state index is 6.00. The summed E-state index contributed by atoms with van der Waals surface area (Å²) in [5, 5.41) is 0.612. The second-order valence-electron chi connectivity index (χ2n) is 5.28. The van der Waals surface area contributed by atoms with Crippen LogP contribution in [0, 0.1) is 5.92 Å². The van der Waals surface area contributed by atoms with Gasteiger partial charge in [0.05, 0.1) is 0 Å². The van der Waals surface area contributed by atoms with E-state index in [-0.39, 0.29) is 0 Å². The van der Waals surface area contributed by atoms with Gasteiger partial charge in [-0.2, -0.15) is 0 Å². The van der Waals surface area contributed by atoms with Crippen LogP contribution in [0.15, 0.2) is 18.3 Å². The molecule has 0 aromatic carbocycles. The number of aromatic nitrogens is 1. The van der Waals surface area contributed by atoms with E-state index in [0.717, 1.165) is 12.0 Å². The molecule has 1 saturated carbocycles. The molecule has 0 N–H and O–H groups in total. The van der Waals surface area contributed by atoms with Crippen molar-refractivity contribution in [3.8, 4) is 0 Å². The maximum absolute atomic E-state index is 6.00. The summed E-state index contributed by atoms with van der Waals surface area (Å²) in [6.45, 7) is 1.18. The van der Waals surface area contributed by atoms with Gasteiger partial charge in [-0.05, 0) is 43.7 Å². The minimum Gasteiger partial charge on any atom is -0.368 e. The van der Waals surface area contributed by atoms with Crippen LogP contribution >= 0.6 is 11.6 Å². The predicted molar refractivity (Wildman–Crippen MR) is 71.6 cm³/mol. The monoisotopic (exact) mass is 250 g/mol. The largest absolute Gasteiger partial charge is 0.368 e. The van der Waals surface area contributed by atoms with Crippen molar-refractivity contribution in [1.29, 1.82) is 0 Å². The fraction of sp³-hybridized carbons (Fsp3) is 0.643. The quantitative estimate of drug-likeness (QED) is 0.703. The van der Waals surface area contributed by atoms with Gasteiger partial charge in [0, 0.05) is 24.5 Å². The summed E-state index contributed by atoms with van der Waals surface area (Å²) in [5.41, 5.74) is 1.27. The van der Waals surface area contributed by atoms with Gasteiger partial charge in [0.1, 0.15) is 5.15 Å². The SMILES string of the molecule is Clc1cc(N2CCCC3CCCCC32)ccn1. The van der Waals surface area contributed by atoms with Crippen molar-refractivity contribution in [1.82, 2.24) is 4.98 Å². The van der Waals surface area contributed by atoms with Gasteiger partial charge < -0.3 is 4.90 Å². The molecular weight excluding hydrogens is 232 g/mol. The highest BCUT2D eigenvalue weighted by Gasteiger charge is 2.33. The molecule has 1 aliphatic heterocycles. The lowest BCUT2D eigenvalue weighted by atomic mass is 9.78. The first kappa shape index (κ1) is 11.3. The highest BCUT2D eigenvalue weighted by atomic mass is 35.5. The number of piperidine rings is 1. The third-order valence-electron chi connectivity index (χ3n) is 4.29. The molecule has 0 bridgehead atoms. The van der Waals surface area contributed by atoms with Crippen LogP contribution in [0.3, 0.4) is 0 Å². The first-order chi connectivity index (χ1) is 8.34. The first-order valence-electron chi connectivity index (χ1n) is 6.73. The van der Waals surface area contributed by atoms with Gasteiger partial charge in [0.25, 0.3) is 0 Å². The number of nitrogens with zero attached hydrogens (tertiary/aromatic N) is 2. The van der Waals surface area contributed by atoms with Crippen molar-refractivity contribution in [2.75, 3.05) is 11.4 Å². The zero-order valence-electron chi connectivity index (χ0n) is 10.1. The standard InChI is InChI=1S/C14H19ClN2/c15-14-10-12(7-8-16-14)17-9-3-5-11-4-1-2-6-13(11)17/h7-8,10-11,13H,1-6,9H2. The number of fused-ring (bicyclic) bond motifs is 1. The van der Waals surface area contributed by atoms with Crippen molar-refractivity contribution in [2.45, 2.75) is 44.6 Å². The van der Waals surface area contributed by atoms with Gasteiger partial charge in [-0.15, -0.1) is 0 Å². The van der Waals surface area contributed by atoms with Crippen LogP contribution in [0.4, 0.5) is 5.69 Å². The molecule has 2 fully saturated rings. The number of halogens is 1. The van der Waals surface area contributed by atoms with E-state index in [1.807, 2.05) is 12.3 Å². The summed E-state index contributed by atoms with van der Waals surface area (Å²) in [4.78, 5) is 6.65. The Morgan fingerprint density at radius 3 is 2.88 bits per heavy atom. The lowest BCUT2D eigenvalue weighted by Crippen LogP contribution is -2.46. The Morgan fingerprint density at radius 1 is 1.18 bits per heavy atom. The Labute approximate surface area is 108 Å². The second-order valence-corrected chi connectivity index (χ2v) is 5.67. The van der Waals surface area contributed by atoms with E-state index in [1.54, 1.807) is 0 Å². The molecule has 2 heterocycles. The molecule has 2 unspecified atom stereocenters. The summed E-state index contributed by atoms with van der Waals surface area (Å²) in [6.07, 6.45) is 10.1. The molecule has 1 aliphatic carbocycles. The van der Waals surface area contributed by atoms with Crippen molar-refractivity contribution < 1.29 is 0 Å². The fourth-order valence-corrected chi connectivity index (χ4v) is 3.68. The smallest absolute Gasteiger partial charge is 0.131 e. The van der Waals surface area contributed by atoms with Crippen LogP contribution in [-0.2, 0) is 0 Å². The Balaban J connectivity index is 1.85. The van der Waals surface area contributed by atoms with Gasteiger partial charge >= 0.3 is 0 Å². The molecule has 0 radical (unpaired) electrons. The van der Waals surface area contributed by atoms with E-state index in [9.17, 15) is 0 Å². The van der Waals surface area contributed by atoms with Crippen molar-refractivity contribution in [3.05, 3.63) is 23.5 Å². The van der Waals surface area contributed by atoms with Gasteiger partial charge in [-0.3, -0.25) is 0 Å². The molecule has 1 aromatic heterocycles. The topological polar surface area (TPSA) is 16.1 Å². The number of hydrogen-bond donors (Lipinski definition) is 0. The van der Waals surface area contributed by atoms with Gasteiger partial charge in [0.2, 0.25) is 0 Å². The van der Waals surface area contributed by atoms with Crippen LogP contribution in [0.25, 0.3) is 0 Å². The van der Waals surface area contributed by atoms with E-state index in [1.165, 1.54) is 50.8 Å². The van der Waals surface area contributed by atoms with Crippen LogP contribution in [0.1, 0.15) is 38.5 Å². The Kier molecular flexibility index (Phi) is 3.24. The highest BCUT2D eigenvalue weighted by Crippen LogP contribution is 2.37. The third kappa shape index (κ3) is 2.28. The van der Waals surface area contributed by atoms with E-state index in [0.29, 0.717) is 5.15 Å². The number of pyridine rings is 1. The lowest BCUT2D eigenvalue weighted by molar-refractivity contribution is 0.244. The molecule has 92 valence electrons. The summed E-state index contributed by atoms with van der Waals surface area (Å²) in [7, 11) is 0. The summed E-state index contributed by atoms with van der Waals surface area (Å²) >= 11 is 6.00. The zero-order valence-corrected chi connectivity index (χ0v) is 10.9. The Bertz CT molecular complexity index is 392. The molecule has 0 amide bonds. The van der Waals surface area contributed by atoms with Gasteiger partial charge in [0.15, 0.2) is 0 Å². The molecule has 1 aromatic rings. The minimum absolute atomic E-state index is 0.612. The first-order valence-corrected chi connectivity index (χ1v) is 7.10. The molecule has 2 atom stereocenters. The lowest BCUT2D eigenvalue weighted by Gasteiger charge is -2.45. The normalized spacial score (nSPS) is 28.9. The number of rotatable bonds is 1. The van der Waals surface area contributed by atoms with Crippen LogP contribution < -0.4 is 4.90 Å². The molecule has 3 heteroatoms. The average molecular weight is 251 g/mol. The van der Waals surface area contributed by atoms with Crippen molar-refractivity contribution in [3.63, 3.8) is 0 Å². The van der Waals surface area contributed by atoms with E-state index in [2.05, 4.69) is 16.0 Å². The minimum atomic E-state index is 0.612. The Hall–Kier alpha value is -0.760. The molecular formula is C14H19ClN2. The predicted octanol–water partition coefficient (Wildman–Crippen LogP) is 3.89. The number of anilines is 1. The van der Waals surface area contributed by atoms with Gasteiger partial charge in [-0.25, -0.2) is 4.98 Å². The van der Waals surface area contributed by atoms with Crippen LogP contribution in [0.5, 0.6) is 0 Å². The zero-order chi connectivity index (χ0) is 11.7. The fourth-order valence-electron chi connectivity index (χ4n) is 3.52. The third-order valence-corrected chi connectivity index (χ3v) is 4.49.